The summed E-state index contributed by atoms with van der Waals surface area (Å²) in [6, 6.07) is 11.2. The zero-order valence-electron chi connectivity index (χ0n) is 12.7. The molecule has 120 valence electrons. The third kappa shape index (κ3) is 3.00. The van der Waals surface area contributed by atoms with Gasteiger partial charge in [-0.15, -0.1) is 0 Å². The number of amides is 2. The summed E-state index contributed by atoms with van der Waals surface area (Å²) in [5.41, 5.74) is 2.81. The highest BCUT2D eigenvalue weighted by Gasteiger charge is 2.21. The number of urea groups is 1. The van der Waals surface area contributed by atoms with Crippen molar-refractivity contribution >= 4 is 33.3 Å². The minimum absolute atomic E-state index is 0.175. The lowest BCUT2D eigenvalue weighted by Gasteiger charge is -2.10. The Labute approximate surface area is 139 Å². The van der Waals surface area contributed by atoms with Crippen LogP contribution in [-0.4, -0.2) is 14.4 Å². The summed E-state index contributed by atoms with van der Waals surface area (Å²) in [4.78, 5) is 12.2. The molecule has 0 aliphatic carbocycles. The number of nitriles is 1. The number of benzene rings is 2. The molecule has 0 bridgehead atoms. The van der Waals surface area contributed by atoms with Crippen molar-refractivity contribution in [1.82, 2.24) is 0 Å². The van der Waals surface area contributed by atoms with Crippen LogP contribution in [0.5, 0.6) is 0 Å². The maximum Gasteiger partial charge on any atom is 0.323 e. The van der Waals surface area contributed by atoms with Crippen molar-refractivity contribution in [3.8, 4) is 6.07 Å². The second kappa shape index (κ2) is 5.83. The first-order valence-corrected chi connectivity index (χ1v) is 8.60. The van der Waals surface area contributed by atoms with Gasteiger partial charge in [0, 0.05) is 16.8 Å². The molecule has 2 aromatic rings. The first-order valence-electron chi connectivity index (χ1n) is 7.05. The number of carbonyl (C=O) groups excluding carboxylic acids is 1. The van der Waals surface area contributed by atoms with E-state index in [0.717, 1.165) is 11.0 Å². The SMILES string of the molecule is Cc1cc(NC(=O)Nc2ccc3c(c2)S(=O)(=O)C=C3)ccc1C#N. The van der Waals surface area contributed by atoms with Crippen LogP contribution in [0.25, 0.3) is 6.08 Å². The van der Waals surface area contributed by atoms with E-state index in [1.165, 1.54) is 12.1 Å². The molecule has 7 heteroatoms. The smallest absolute Gasteiger partial charge is 0.308 e. The quantitative estimate of drug-likeness (QED) is 0.877. The number of anilines is 2. The lowest BCUT2D eigenvalue weighted by Crippen LogP contribution is -2.19. The fraction of sp³-hybridized carbons (Fsp3) is 0.0588. The average molecular weight is 339 g/mol. The van der Waals surface area contributed by atoms with Crippen LogP contribution in [-0.2, 0) is 9.84 Å². The summed E-state index contributed by atoms with van der Waals surface area (Å²) < 4.78 is 23.7. The van der Waals surface area contributed by atoms with E-state index in [1.54, 1.807) is 37.3 Å². The van der Waals surface area contributed by atoms with Crippen LogP contribution in [0.1, 0.15) is 16.7 Å². The monoisotopic (exact) mass is 339 g/mol. The summed E-state index contributed by atoms with van der Waals surface area (Å²) in [5, 5.41) is 15.3. The first-order chi connectivity index (χ1) is 11.4. The van der Waals surface area contributed by atoms with Gasteiger partial charge in [-0.25, -0.2) is 13.2 Å². The molecule has 0 unspecified atom stereocenters. The molecule has 0 radical (unpaired) electrons. The summed E-state index contributed by atoms with van der Waals surface area (Å²) in [6.45, 7) is 1.78. The number of nitrogens with one attached hydrogen (secondary N) is 2. The molecule has 2 aromatic carbocycles. The molecule has 1 aliphatic rings. The summed E-state index contributed by atoms with van der Waals surface area (Å²) in [5.74, 6) is 0. The van der Waals surface area contributed by atoms with Crippen molar-refractivity contribution in [1.29, 1.82) is 5.26 Å². The van der Waals surface area contributed by atoms with Gasteiger partial charge in [-0.05, 0) is 54.5 Å². The van der Waals surface area contributed by atoms with E-state index in [1.807, 2.05) is 0 Å². The summed E-state index contributed by atoms with van der Waals surface area (Å²) in [6.07, 6.45) is 1.52. The molecule has 2 amide bonds. The molecule has 24 heavy (non-hydrogen) atoms. The van der Waals surface area contributed by atoms with Crippen molar-refractivity contribution in [3.05, 3.63) is 58.5 Å². The molecular weight excluding hydrogens is 326 g/mol. The Bertz CT molecular complexity index is 1020. The van der Waals surface area contributed by atoms with E-state index in [-0.39, 0.29) is 4.90 Å². The lowest BCUT2D eigenvalue weighted by atomic mass is 10.1. The first kappa shape index (κ1) is 15.8. The van der Waals surface area contributed by atoms with E-state index in [9.17, 15) is 13.2 Å². The van der Waals surface area contributed by atoms with Crippen molar-refractivity contribution in [2.45, 2.75) is 11.8 Å². The standard InChI is InChI=1S/C17H13N3O3S/c1-11-8-14(5-3-13(11)10-18)19-17(21)20-15-4-2-12-6-7-24(22,23)16(12)9-15/h2-9H,1H3,(H2,19,20,21). The Morgan fingerprint density at radius 2 is 1.75 bits per heavy atom. The molecule has 0 saturated heterocycles. The van der Waals surface area contributed by atoms with Crippen LogP contribution in [0.2, 0.25) is 0 Å². The van der Waals surface area contributed by atoms with Crippen LogP contribution in [0, 0.1) is 18.3 Å². The Kier molecular flexibility index (Phi) is 3.83. The van der Waals surface area contributed by atoms with Gasteiger partial charge in [0.25, 0.3) is 0 Å². The third-order valence-electron chi connectivity index (χ3n) is 3.61. The van der Waals surface area contributed by atoms with Crippen LogP contribution in [0.15, 0.2) is 46.7 Å². The van der Waals surface area contributed by atoms with Gasteiger partial charge in [-0.2, -0.15) is 5.26 Å². The van der Waals surface area contributed by atoms with Crippen molar-refractivity contribution in [2.24, 2.45) is 0 Å². The van der Waals surface area contributed by atoms with E-state index in [4.69, 9.17) is 5.26 Å². The van der Waals surface area contributed by atoms with Gasteiger partial charge in [0.05, 0.1) is 16.5 Å². The van der Waals surface area contributed by atoms with E-state index in [2.05, 4.69) is 16.7 Å². The molecular formula is C17H13N3O3S. The third-order valence-corrected chi connectivity index (χ3v) is 5.07. The zero-order chi connectivity index (χ0) is 17.3. The predicted molar refractivity (Wildman–Crippen MR) is 91.2 cm³/mol. The van der Waals surface area contributed by atoms with Crippen molar-refractivity contribution in [3.63, 3.8) is 0 Å². The van der Waals surface area contributed by atoms with Crippen LogP contribution in [0.4, 0.5) is 16.2 Å². The largest absolute Gasteiger partial charge is 0.323 e. The Balaban J connectivity index is 1.75. The molecule has 1 aliphatic heterocycles. The number of fused-ring (bicyclic) bond motifs is 1. The van der Waals surface area contributed by atoms with Gasteiger partial charge in [-0.3, -0.25) is 0 Å². The molecule has 1 heterocycles. The van der Waals surface area contributed by atoms with Crippen molar-refractivity contribution in [2.75, 3.05) is 10.6 Å². The minimum atomic E-state index is -3.42. The van der Waals surface area contributed by atoms with Crippen LogP contribution in [0.3, 0.4) is 0 Å². The predicted octanol–water partition coefficient (Wildman–Crippen LogP) is 3.27. The molecule has 2 N–H and O–H groups in total. The maximum absolute atomic E-state index is 12.1. The molecule has 0 aromatic heterocycles. The average Bonchev–Trinajstić information content (AvgIpc) is 2.83. The molecule has 3 rings (SSSR count). The van der Waals surface area contributed by atoms with E-state index < -0.39 is 15.9 Å². The number of rotatable bonds is 2. The van der Waals surface area contributed by atoms with Gasteiger partial charge in [0.15, 0.2) is 0 Å². The molecule has 6 nitrogen and oxygen atoms in total. The van der Waals surface area contributed by atoms with Gasteiger partial charge < -0.3 is 10.6 Å². The second-order valence-corrected chi connectivity index (χ2v) is 7.12. The van der Waals surface area contributed by atoms with Gasteiger partial charge in [0.2, 0.25) is 9.84 Å². The summed E-state index contributed by atoms with van der Waals surface area (Å²) in [7, 11) is -3.42. The highest BCUT2D eigenvalue weighted by atomic mass is 32.2. The van der Waals surface area contributed by atoms with Crippen molar-refractivity contribution < 1.29 is 13.2 Å². The topological polar surface area (TPSA) is 99.1 Å². The maximum atomic E-state index is 12.1. The second-order valence-electron chi connectivity index (χ2n) is 5.32. The van der Waals surface area contributed by atoms with Crippen LogP contribution >= 0.6 is 0 Å². The highest BCUT2D eigenvalue weighted by molar-refractivity contribution is 7.94. The molecule has 0 saturated carbocycles. The van der Waals surface area contributed by atoms with Gasteiger partial charge in [-0.1, -0.05) is 6.07 Å². The van der Waals surface area contributed by atoms with E-state index in [0.29, 0.717) is 22.5 Å². The number of nitrogens with zero attached hydrogens (tertiary/aromatic N) is 1. The number of carbonyl (C=O) groups is 1. The summed E-state index contributed by atoms with van der Waals surface area (Å²) >= 11 is 0. The number of sulfone groups is 1. The Hall–Kier alpha value is -3.11. The number of hydrogen-bond acceptors (Lipinski definition) is 4. The zero-order valence-corrected chi connectivity index (χ0v) is 13.5. The lowest BCUT2D eigenvalue weighted by molar-refractivity contribution is 0.262. The van der Waals surface area contributed by atoms with E-state index >= 15 is 0 Å². The van der Waals surface area contributed by atoms with Crippen LogP contribution < -0.4 is 10.6 Å². The molecule has 0 fully saturated rings. The highest BCUT2D eigenvalue weighted by Crippen LogP contribution is 2.29. The number of hydrogen-bond donors (Lipinski definition) is 2. The Morgan fingerprint density at radius 1 is 1.08 bits per heavy atom. The fourth-order valence-corrected chi connectivity index (χ4v) is 3.62. The molecule has 0 atom stereocenters. The Morgan fingerprint density at radius 3 is 2.42 bits per heavy atom. The number of aryl methyl sites for hydroxylation is 1. The minimum Gasteiger partial charge on any atom is -0.308 e. The van der Waals surface area contributed by atoms with Gasteiger partial charge >= 0.3 is 6.03 Å². The normalized spacial score (nSPS) is 13.8. The molecule has 0 spiro atoms. The van der Waals surface area contributed by atoms with Gasteiger partial charge in [0.1, 0.15) is 0 Å². The fourth-order valence-electron chi connectivity index (χ4n) is 2.39.